The molecule has 7 aliphatic rings. The van der Waals surface area contributed by atoms with E-state index in [9.17, 15) is 10.2 Å². The summed E-state index contributed by atoms with van der Waals surface area (Å²) in [7, 11) is 0. The Morgan fingerprint density at radius 1 is 0.906 bits per heavy atom. The van der Waals surface area contributed by atoms with Crippen molar-refractivity contribution in [3.63, 3.8) is 0 Å². The summed E-state index contributed by atoms with van der Waals surface area (Å²) in [5.41, 5.74) is -0.704. The van der Waals surface area contributed by atoms with E-state index < -0.39 is 11.4 Å². The molecule has 3 heterocycles. The quantitative estimate of drug-likeness (QED) is 0.588. The van der Waals surface area contributed by atoms with Crippen molar-refractivity contribution in [3.8, 4) is 0 Å². The molecule has 13 atom stereocenters. The molecule has 0 aromatic rings. The van der Waals surface area contributed by atoms with Gasteiger partial charge in [0, 0.05) is 18.8 Å². The molecule has 5 nitrogen and oxygen atoms in total. The highest BCUT2D eigenvalue weighted by Gasteiger charge is 2.86. The van der Waals surface area contributed by atoms with Crippen LogP contribution in [0.5, 0.6) is 0 Å². The minimum Gasteiger partial charge on any atom is -0.393 e. The van der Waals surface area contributed by atoms with Gasteiger partial charge in [-0.25, -0.2) is 0 Å². The fraction of sp³-hybridized carbons (Fsp3) is 1.00. The second-order valence-electron chi connectivity index (χ2n) is 13.9. The molecule has 7 rings (SSSR count). The Morgan fingerprint density at radius 2 is 1.69 bits per heavy atom. The number of aliphatic hydroxyl groups excluding tert-OH is 2. The SMILES string of the molecule is CC1CC2(OC3CC4C5CCC6CC(O)CCC6(C)C5C(O)CC45OC2(C)C35)OC1(C)C. The number of rotatable bonds is 0. The largest absolute Gasteiger partial charge is 0.393 e. The molecule has 0 amide bonds. The van der Waals surface area contributed by atoms with Crippen molar-refractivity contribution in [3.05, 3.63) is 0 Å². The molecule has 13 unspecified atom stereocenters. The topological polar surface area (TPSA) is 68.2 Å². The van der Waals surface area contributed by atoms with Gasteiger partial charge in [0.05, 0.1) is 29.5 Å². The lowest BCUT2D eigenvalue weighted by Gasteiger charge is -2.68. The van der Waals surface area contributed by atoms with Crippen LogP contribution in [-0.4, -0.2) is 51.1 Å². The third kappa shape index (κ3) is 2.17. The minimum absolute atomic E-state index is 0.143. The molecule has 2 N–H and O–H groups in total. The van der Waals surface area contributed by atoms with Crippen LogP contribution in [0.1, 0.15) is 86.0 Å². The lowest BCUT2D eigenvalue weighted by molar-refractivity contribution is -0.406. The average Bonchev–Trinajstić information content (AvgIpc) is 3.15. The van der Waals surface area contributed by atoms with Crippen LogP contribution in [-0.2, 0) is 14.2 Å². The van der Waals surface area contributed by atoms with Gasteiger partial charge >= 0.3 is 0 Å². The average molecular weight is 447 g/mol. The Morgan fingerprint density at radius 3 is 2.41 bits per heavy atom. The molecule has 0 radical (unpaired) electrons. The predicted molar refractivity (Wildman–Crippen MR) is 119 cm³/mol. The van der Waals surface area contributed by atoms with Crippen LogP contribution < -0.4 is 0 Å². The molecular formula is C27H42O5. The molecule has 0 aromatic heterocycles. The van der Waals surface area contributed by atoms with Crippen molar-refractivity contribution in [1.82, 2.24) is 0 Å². The highest BCUT2D eigenvalue weighted by Crippen LogP contribution is 2.77. The smallest absolute Gasteiger partial charge is 0.199 e. The maximum absolute atomic E-state index is 11.7. The third-order valence-corrected chi connectivity index (χ3v) is 12.3. The molecule has 0 bridgehead atoms. The molecule has 0 aromatic carbocycles. The van der Waals surface area contributed by atoms with Gasteiger partial charge < -0.3 is 24.4 Å². The maximum Gasteiger partial charge on any atom is 0.199 e. The summed E-state index contributed by atoms with van der Waals surface area (Å²) in [5.74, 6) is 1.97. The molecule has 3 saturated heterocycles. The first-order valence-corrected chi connectivity index (χ1v) is 13.4. The number of ether oxygens (including phenoxy) is 3. The summed E-state index contributed by atoms with van der Waals surface area (Å²) in [6.07, 6.45) is 7.59. The zero-order chi connectivity index (χ0) is 22.5. The van der Waals surface area contributed by atoms with Gasteiger partial charge in [-0.15, -0.1) is 0 Å². The van der Waals surface area contributed by atoms with Gasteiger partial charge in [-0.1, -0.05) is 13.8 Å². The molecule has 32 heavy (non-hydrogen) atoms. The van der Waals surface area contributed by atoms with E-state index in [1.807, 2.05) is 0 Å². The Bertz CT molecular complexity index is 844. The Hall–Kier alpha value is -0.200. The number of hydrogen-bond donors (Lipinski definition) is 2. The lowest BCUT2D eigenvalue weighted by Crippen LogP contribution is -2.77. The fourth-order valence-electron chi connectivity index (χ4n) is 10.7. The van der Waals surface area contributed by atoms with Crippen LogP contribution >= 0.6 is 0 Å². The Labute approximate surface area is 192 Å². The van der Waals surface area contributed by atoms with Crippen LogP contribution in [0, 0.1) is 40.9 Å². The van der Waals surface area contributed by atoms with E-state index in [1.165, 1.54) is 6.42 Å². The summed E-state index contributed by atoms with van der Waals surface area (Å²) in [4.78, 5) is 0. The predicted octanol–water partition coefficient (Wildman–Crippen LogP) is 4.04. The number of fused-ring (bicyclic) bond motifs is 5. The van der Waals surface area contributed by atoms with E-state index in [2.05, 4.69) is 34.6 Å². The molecule has 4 saturated carbocycles. The fourth-order valence-corrected chi connectivity index (χ4v) is 10.7. The standard InChI is InChI=1S/C27H42O5/c1-14-12-27(31-23(14,2)3)25(5)22-20(30-27)11-18-17-7-6-15-10-16(28)8-9-24(15,4)21(17)19(29)13-26(18,22)32-25/h14-22,28-29H,6-13H2,1-5H3. The van der Waals surface area contributed by atoms with Gasteiger partial charge in [0.25, 0.3) is 0 Å². The highest BCUT2D eigenvalue weighted by molar-refractivity contribution is 5.31. The van der Waals surface area contributed by atoms with Crippen molar-refractivity contribution in [2.24, 2.45) is 40.9 Å². The van der Waals surface area contributed by atoms with E-state index in [1.54, 1.807) is 0 Å². The van der Waals surface area contributed by atoms with Crippen molar-refractivity contribution in [2.45, 2.75) is 127 Å². The van der Waals surface area contributed by atoms with Crippen molar-refractivity contribution in [1.29, 1.82) is 0 Å². The van der Waals surface area contributed by atoms with Crippen LogP contribution in [0.3, 0.4) is 0 Å². The molecule has 180 valence electrons. The van der Waals surface area contributed by atoms with Gasteiger partial charge in [-0.2, -0.15) is 0 Å². The number of aliphatic hydroxyl groups is 2. The van der Waals surface area contributed by atoms with Crippen molar-refractivity contribution < 1.29 is 24.4 Å². The van der Waals surface area contributed by atoms with Gasteiger partial charge in [-0.05, 0) is 94.3 Å². The summed E-state index contributed by atoms with van der Waals surface area (Å²) in [5, 5.41) is 22.0. The zero-order valence-corrected chi connectivity index (χ0v) is 20.5. The molecule has 7 fully saturated rings. The molecule has 3 aliphatic heterocycles. The molecule has 2 spiro atoms. The third-order valence-electron chi connectivity index (χ3n) is 12.3. The summed E-state index contributed by atoms with van der Waals surface area (Å²) in [6.45, 7) is 11.3. The number of hydrogen-bond acceptors (Lipinski definition) is 5. The van der Waals surface area contributed by atoms with E-state index in [0.717, 1.165) is 44.9 Å². The first-order chi connectivity index (χ1) is 15.0. The van der Waals surface area contributed by atoms with Gasteiger partial charge in [0.1, 0.15) is 5.60 Å². The van der Waals surface area contributed by atoms with Gasteiger partial charge in [-0.3, -0.25) is 0 Å². The van der Waals surface area contributed by atoms with Crippen molar-refractivity contribution in [2.75, 3.05) is 0 Å². The second kappa shape index (κ2) is 5.95. The first-order valence-electron chi connectivity index (χ1n) is 13.4. The van der Waals surface area contributed by atoms with Crippen molar-refractivity contribution >= 4 is 0 Å². The molecule has 4 aliphatic carbocycles. The van der Waals surface area contributed by atoms with Crippen LogP contribution in [0.15, 0.2) is 0 Å². The van der Waals surface area contributed by atoms with Crippen LogP contribution in [0.2, 0.25) is 0 Å². The zero-order valence-electron chi connectivity index (χ0n) is 20.5. The minimum atomic E-state index is -0.633. The van der Waals surface area contributed by atoms with E-state index in [0.29, 0.717) is 35.5 Å². The second-order valence-corrected chi connectivity index (χ2v) is 13.9. The normalized spacial score (nSPS) is 66.3. The monoisotopic (exact) mass is 446 g/mol. The maximum atomic E-state index is 11.7. The highest BCUT2D eigenvalue weighted by atomic mass is 16.8. The van der Waals surface area contributed by atoms with E-state index in [-0.39, 0.29) is 34.9 Å². The van der Waals surface area contributed by atoms with E-state index >= 15 is 0 Å². The summed E-state index contributed by atoms with van der Waals surface area (Å²) < 4.78 is 20.6. The van der Waals surface area contributed by atoms with Crippen LogP contribution in [0.4, 0.5) is 0 Å². The van der Waals surface area contributed by atoms with Crippen LogP contribution in [0.25, 0.3) is 0 Å². The first kappa shape index (κ1) is 21.1. The summed E-state index contributed by atoms with van der Waals surface area (Å²) in [6, 6.07) is 0. The lowest BCUT2D eigenvalue weighted by atomic mass is 9.44. The molecular weight excluding hydrogens is 404 g/mol. The van der Waals surface area contributed by atoms with Gasteiger partial charge in [0.15, 0.2) is 5.79 Å². The van der Waals surface area contributed by atoms with Gasteiger partial charge in [0.2, 0.25) is 0 Å². The summed E-state index contributed by atoms with van der Waals surface area (Å²) >= 11 is 0. The Balaban J connectivity index is 1.22. The Kier molecular flexibility index (Phi) is 3.93. The molecule has 5 heteroatoms. The van der Waals surface area contributed by atoms with E-state index in [4.69, 9.17) is 14.2 Å².